The number of hydrogen-bond donors (Lipinski definition) is 1. The van der Waals surface area contributed by atoms with Crippen LogP contribution in [-0.2, 0) is 16.1 Å². The number of carbonyl (C=O) groups excluding carboxylic acids is 2. The number of phenolic OH excluding ortho intramolecular Hbond substituents is 1. The molecule has 1 saturated carbocycles. The van der Waals surface area contributed by atoms with Crippen LogP contribution in [0.3, 0.4) is 0 Å². The Labute approximate surface area is 254 Å². The molecule has 1 aromatic heterocycles. The van der Waals surface area contributed by atoms with Gasteiger partial charge in [0.1, 0.15) is 0 Å². The minimum Gasteiger partial charge on any atom is -0.503 e. The smallest absolute Gasteiger partial charge is 0.352 e. The molecular weight excluding hydrogens is 616 g/mol. The lowest BCUT2D eigenvalue weighted by atomic mass is 9.56. The van der Waals surface area contributed by atoms with E-state index < -0.39 is 34.7 Å². The largest absolute Gasteiger partial charge is 0.503 e. The van der Waals surface area contributed by atoms with E-state index in [1.54, 1.807) is 73.7 Å². The number of carbonyl (C=O) groups is 2. The molecular formula is C32H27BrN4O6. The van der Waals surface area contributed by atoms with Gasteiger partial charge in [0.05, 0.1) is 46.9 Å². The Hall–Kier alpha value is -4.64. The summed E-state index contributed by atoms with van der Waals surface area (Å²) in [6.45, 7) is 1.91. The second kappa shape index (κ2) is 9.70. The van der Waals surface area contributed by atoms with E-state index in [4.69, 9.17) is 4.74 Å². The van der Waals surface area contributed by atoms with Crippen molar-refractivity contribution in [2.45, 2.75) is 31.8 Å². The number of fused-ring (bicyclic) bond motifs is 4. The molecule has 0 radical (unpaired) electrons. The van der Waals surface area contributed by atoms with E-state index in [9.17, 15) is 24.3 Å². The van der Waals surface area contributed by atoms with Crippen LogP contribution in [0.25, 0.3) is 5.69 Å². The van der Waals surface area contributed by atoms with E-state index in [1.165, 1.54) is 21.4 Å². The number of aromatic nitrogens is 3. The van der Waals surface area contributed by atoms with Crippen molar-refractivity contribution in [1.82, 2.24) is 13.9 Å². The lowest BCUT2D eigenvalue weighted by Crippen LogP contribution is -2.49. The highest BCUT2D eigenvalue weighted by Crippen LogP contribution is 2.61. The first-order valence-electron chi connectivity index (χ1n) is 13.9. The van der Waals surface area contributed by atoms with Gasteiger partial charge >= 0.3 is 11.4 Å². The van der Waals surface area contributed by atoms with Gasteiger partial charge in [-0.25, -0.2) is 28.4 Å². The zero-order valence-electron chi connectivity index (χ0n) is 23.3. The van der Waals surface area contributed by atoms with Gasteiger partial charge in [0.25, 0.3) is 0 Å². The van der Waals surface area contributed by atoms with Crippen LogP contribution < -0.4 is 21.0 Å². The molecule has 7 rings (SSSR count). The number of rotatable bonds is 4. The molecule has 11 heteroatoms. The summed E-state index contributed by atoms with van der Waals surface area (Å²) in [5, 5.41) is 10.6. The van der Waals surface area contributed by atoms with Crippen LogP contribution in [0.4, 0.5) is 5.69 Å². The summed E-state index contributed by atoms with van der Waals surface area (Å²) < 4.78 is 9.79. The lowest BCUT2D eigenvalue weighted by molar-refractivity contribution is -0.129. The summed E-state index contributed by atoms with van der Waals surface area (Å²) in [6.07, 6.45) is 2.05. The summed E-state index contributed by atoms with van der Waals surface area (Å²) in [4.78, 5) is 57.4. The molecule has 10 nitrogen and oxygen atoms in total. The van der Waals surface area contributed by atoms with Crippen LogP contribution in [-0.4, -0.2) is 38.0 Å². The van der Waals surface area contributed by atoms with Gasteiger partial charge in [-0.2, -0.15) is 0 Å². The first-order valence-corrected chi connectivity index (χ1v) is 14.7. The number of benzene rings is 3. The molecule has 1 N–H and O–H groups in total. The number of phenols is 1. The second-order valence-corrected chi connectivity index (χ2v) is 12.1. The number of ether oxygens (including phenoxy) is 1. The topological polar surface area (TPSA) is 116 Å². The summed E-state index contributed by atoms with van der Waals surface area (Å²) in [7, 11) is 1.44. The maximum Gasteiger partial charge on any atom is 0.352 e. The van der Waals surface area contributed by atoms with Crippen molar-refractivity contribution >= 4 is 33.4 Å². The van der Waals surface area contributed by atoms with Crippen LogP contribution in [0, 0.1) is 11.3 Å². The highest BCUT2D eigenvalue weighted by Gasteiger charge is 2.65. The SMILES string of the molecule is COc1cc([C@H]2C3=CCn4c(=O)n(-c5ccccc5)c(=O)n4[C@@H]3C[C@H]3C(=O)N(c4ccccc4)C(=O)[C@@]23C)cc(Br)c1O. The molecule has 3 aliphatic rings. The standard InChI is InChI=1S/C32H27BrN4O6/c1-32-22(28(39)35(29(32)40)19-9-5-3-6-10-19)17-24-21(26(32)18-15-23(33)27(38)25(16-18)43-2)13-14-34-30(41)36(31(42)37(24)34)20-11-7-4-8-12-20/h3-13,15-16,22,24,26,38H,14,17H2,1-2H3/t22-,24+,26-,32+/m0/s1. The molecule has 2 aliphatic heterocycles. The van der Waals surface area contributed by atoms with Crippen molar-refractivity contribution in [1.29, 1.82) is 0 Å². The lowest BCUT2D eigenvalue weighted by Gasteiger charge is -2.47. The monoisotopic (exact) mass is 642 g/mol. The Morgan fingerprint density at radius 3 is 2.23 bits per heavy atom. The van der Waals surface area contributed by atoms with Crippen molar-refractivity contribution in [2.75, 3.05) is 12.0 Å². The van der Waals surface area contributed by atoms with Gasteiger partial charge in [-0.1, -0.05) is 42.5 Å². The number of amides is 2. The summed E-state index contributed by atoms with van der Waals surface area (Å²) >= 11 is 3.42. The van der Waals surface area contributed by atoms with Gasteiger partial charge in [-0.3, -0.25) is 9.59 Å². The number of imide groups is 1. The Morgan fingerprint density at radius 2 is 1.58 bits per heavy atom. The van der Waals surface area contributed by atoms with Crippen molar-refractivity contribution in [3.05, 3.63) is 115 Å². The van der Waals surface area contributed by atoms with Crippen molar-refractivity contribution in [3.8, 4) is 17.2 Å². The normalized spacial score (nSPS) is 24.3. The molecule has 2 amide bonds. The number of para-hydroxylation sites is 2. The van der Waals surface area contributed by atoms with Gasteiger partial charge in [-0.15, -0.1) is 0 Å². The van der Waals surface area contributed by atoms with Gasteiger partial charge in [0.15, 0.2) is 11.5 Å². The second-order valence-electron chi connectivity index (χ2n) is 11.3. The maximum absolute atomic E-state index is 14.5. The molecule has 0 unspecified atom stereocenters. The number of allylic oxidation sites excluding steroid dienone is 2. The molecule has 4 atom stereocenters. The predicted molar refractivity (Wildman–Crippen MR) is 162 cm³/mol. The van der Waals surface area contributed by atoms with Gasteiger partial charge < -0.3 is 9.84 Å². The number of halogens is 1. The number of hydrogen-bond acceptors (Lipinski definition) is 6. The molecule has 1 saturated heterocycles. The summed E-state index contributed by atoms with van der Waals surface area (Å²) in [5.41, 5.74) is 0.0672. The summed E-state index contributed by atoms with van der Waals surface area (Å²) in [6, 6.07) is 20.2. The van der Waals surface area contributed by atoms with E-state index in [2.05, 4.69) is 15.9 Å². The molecule has 0 bridgehead atoms. The van der Waals surface area contributed by atoms with E-state index in [0.717, 1.165) is 10.1 Å². The molecule has 0 spiro atoms. The highest BCUT2D eigenvalue weighted by atomic mass is 79.9. The first kappa shape index (κ1) is 27.2. The quantitative estimate of drug-likeness (QED) is 0.264. The fraction of sp³-hybridized carbons (Fsp3) is 0.250. The molecule has 2 fully saturated rings. The minimum absolute atomic E-state index is 0.0948. The zero-order valence-corrected chi connectivity index (χ0v) is 24.9. The van der Waals surface area contributed by atoms with E-state index in [-0.39, 0.29) is 36.3 Å². The van der Waals surface area contributed by atoms with Crippen molar-refractivity contribution < 1.29 is 19.4 Å². The third-order valence-corrected chi connectivity index (χ3v) is 9.77. The highest BCUT2D eigenvalue weighted by molar-refractivity contribution is 9.10. The molecule has 1 aliphatic carbocycles. The average Bonchev–Trinajstić information content (AvgIpc) is 3.38. The third kappa shape index (κ3) is 3.70. The Bertz CT molecular complexity index is 1960. The van der Waals surface area contributed by atoms with Gasteiger partial charge in [0, 0.05) is 5.92 Å². The number of aromatic hydroxyl groups is 1. The molecule has 218 valence electrons. The first-order chi connectivity index (χ1) is 20.7. The summed E-state index contributed by atoms with van der Waals surface area (Å²) in [5.74, 6) is -2.09. The Morgan fingerprint density at radius 1 is 0.930 bits per heavy atom. The predicted octanol–water partition coefficient (Wildman–Crippen LogP) is 4.14. The minimum atomic E-state index is -1.23. The number of anilines is 1. The van der Waals surface area contributed by atoms with Crippen LogP contribution in [0.5, 0.6) is 11.5 Å². The van der Waals surface area contributed by atoms with Crippen molar-refractivity contribution in [3.63, 3.8) is 0 Å². The number of nitrogens with zero attached hydrogens (tertiary/aromatic N) is 4. The van der Waals surface area contributed by atoms with E-state index in [1.807, 2.05) is 12.1 Å². The Balaban J connectivity index is 1.46. The average molecular weight is 643 g/mol. The number of methoxy groups -OCH3 is 1. The van der Waals surface area contributed by atoms with Crippen LogP contribution >= 0.6 is 15.9 Å². The Kier molecular flexibility index (Phi) is 6.14. The third-order valence-electron chi connectivity index (χ3n) is 9.17. The van der Waals surface area contributed by atoms with Gasteiger partial charge in [-0.05, 0) is 76.8 Å². The van der Waals surface area contributed by atoms with Crippen LogP contribution in [0.15, 0.2) is 98.5 Å². The fourth-order valence-corrected chi connectivity index (χ4v) is 7.65. The van der Waals surface area contributed by atoms with Crippen molar-refractivity contribution in [2.24, 2.45) is 11.3 Å². The van der Waals surface area contributed by atoms with Gasteiger partial charge in [0.2, 0.25) is 11.8 Å². The molecule has 3 aromatic carbocycles. The van der Waals surface area contributed by atoms with Crippen LogP contribution in [0.2, 0.25) is 0 Å². The molecule has 4 aromatic rings. The molecule has 43 heavy (non-hydrogen) atoms. The maximum atomic E-state index is 14.5. The van der Waals surface area contributed by atoms with E-state index in [0.29, 0.717) is 21.4 Å². The van der Waals surface area contributed by atoms with E-state index >= 15 is 0 Å². The zero-order chi connectivity index (χ0) is 30.2. The fourth-order valence-electron chi connectivity index (χ4n) is 7.19. The molecule has 3 heterocycles. The van der Waals surface area contributed by atoms with Crippen LogP contribution in [0.1, 0.15) is 30.9 Å².